The van der Waals surface area contributed by atoms with Gasteiger partial charge in [-0.15, -0.1) is 0 Å². The zero-order valence-electron chi connectivity index (χ0n) is 12.0. The molecule has 0 radical (unpaired) electrons. The number of anilines is 1. The molecule has 21 heavy (non-hydrogen) atoms. The summed E-state index contributed by atoms with van der Waals surface area (Å²) in [4.78, 5) is 25.5. The molecule has 0 atom stereocenters. The number of likely N-dealkylation sites (tertiary alicyclic amines) is 1. The van der Waals surface area contributed by atoms with Crippen LogP contribution in [0, 0.1) is 5.92 Å². The fourth-order valence-corrected chi connectivity index (χ4v) is 2.28. The number of esters is 1. The first-order valence-corrected chi connectivity index (χ1v) is 7.00. The van der Waals surface area contributed by atoms with Gasteiger partial charge in [-0.05, 0) is 37.0 Å². The van der Waals surface area contributed by atoms with Crippen molar-refractivity contribution in [2.45, 2.75) is 19.8 Å². The predicted octanol–water partition coefficient (Wildman–Crippen LogP) is 1.39. The molecule has 114 valence electrons. The Morgan fingerprint density at radius 1 is 1.38 bits per heavy atom. The van der Waals surface area contributed by atoms with Crippen molar-refractivity contribution in [2.24, 2.45) is 5.92 Å². The maximum atomic E-state index is 12.0. The summed E-state index contributed by atoms with van der Waals surface area (Å²) >= 11 is 0. The molecule has 1 amide bonds. The van der Waals surface area contributed by atoms with Crippen LogP contribution in [0.1, 0.15) is 30.1 Å². The molecule has 2 rings (SSSR count). The number of ether oxygens (including phenoxy) is 1. The molecule has 1 saturated heterocycles. The standard InChI is InChI=1S/C15H20N2O4/c1-10-4-6-17(7-5-10)14(19)9-21-15(20)12-8-11(18)2-3-13(12)16/h2-3,8,10,18H,4-7,9,16H2,1H3. The number of phenolic OH excluding ortho intramolecular Hbond substituents is 1. The highest BCUT2D eigenvalue weighted by atomic mass is 16.5. The maximum Gasteiger partial charge on any atom is 0.340 e. The van der Waals surface area contributed by atoms with Crippen LogP contribution in [0.15, 0.2) is 18.2 Å². The predicted molar refractivity (Wildman–Crippen MR) is 77.8 cm³/mol. The lowest BCUT2D eigenvalue weighted by Gasteiger charge is -2.30. The zero-order chi connectivity index (χ0) is 15.4. The molecule has 0 aromatic heterocycles. The zero-order valence-corrected chi connectivity index (χ0v) is 12.0. The SMILES string of the molecule is CC1CCN(C(=O)COC(=O)c2cc(O)ccc2N)CC1. The van der Waals surface area contributed by atoms with Gasteiger partial charge >= 0.3 is 5.97 Å². The van der Waals surface area contributed by atoms with Crippen LogP contribution in [0.5, 0.6) is 5.75 Å². The summed E-state index contributed by atoms with van der Waals surface area (Å²) in [5.74, 6) is -0.354. The number of amides is 1. The van der Waals surface area contributed by atoms with Crippen molar-refractivity contribution < 1.29 is 19.4 Å². The summed E-state index contributed by atoms with van der Waals surface area (Å²) in [6.07, 6.45) is 1.94. The quantitative estimate of drug-likeness (QED) is 0.499. The lowest BCUT2D eigenvalue weighted by molar-refractivity contribution is -0.135. The third-order valence-electron chi connectivity index (χ3n) is 3.72. The minimum absolute atomic E-state index is 0.0649. The maximum absolute atomic E-state index is 12.0. The molecular formula is C15H20N2O4. The molecule has 0 spiro atoms. The van der Waals surface area contributed by atoms with Crippen molar-refractivity contribution in [1.82, 2.24) is 4.90 Å². The van der Waals surface area contributed by atoms with E-state index in [-0.39, 0.29) is 29.5 Å². The number of carbonyl (C=O) groups is 2. The van der Waals surface area contributed by atoms with Crippen molar-refractivity contribution in [3.05, 3.63) is 23.8 Å². The van der Waals surface area contributed by atoms with Crippen molar-refractivity contribution in [3.8, 4) is 5.75 Å². The largest absolute Gasteiger partial charge is 0.508 e. The van der Waals surface area contributed by atoms with Crippen molar-refractivity contribution in [2.75, 3.05) is 25.4 Å². The molecule has 1 fully saturated rings. The summed E-state index contributed by atoms with van der Waals surface area (Å²) in [5, 5.41) is 9.35. The van der Waals surface area contributed by atoms with E-state index in [4.69, 9.17) is 10.5 Å². The molecule has 0 aliphatic carbocycles. The van der Waals surface area contributed by atoms with Crippen LogP contribution in [0.3, 0.4) is 0 Å². The molecule has 0 bridgehead atoms. The molecule has 3 N–H and O–H groups in total. The van der Waals surface area contributed by atoms with Gasteiger partial charge in [0, 0.05) is 18.8 Å². The number of rotatable bonds is 3. The Morgan fingerprint density at radius 3 is 2.71 bits per heavy atom. The van der Waals surface area contributed by atoms with Gasteiger partial charge in [0.2, 0.25) is 0 Å². The Morgan fingerprint density at radius 2 is 2.05 bits per heavy atom. The highest BCUT2D eigenvalue weighted by Crippen LogP contribution is 2.20. The van der Waals surface area contributed by atoms with Gasteiger partial charge in [-0.1, -0.05) is 6.92 Å². The van der Waals surface area contributed by atoms with Gasteiger partial charge in [0.25, 0.3) is 5.91 Å². The molecule has 1 aliphatic rings. The van der Waals surface area contributed by atoms with Gasteiger partial charge in [0.1, 0.15) is 5.75 Å². The number of hydrogen-bond acceptors (Lipinski definition) is 5. The molecule has 1 heterocycles. The normalized spacial score (nSPS) is 15.8. The number of piperidine rings is 1. The Balaban J connectivity index is 1.89. The molecule has 0 saturated carbocycles. The molecule has 6 heteroatoms. The summed E-state index contributed by atoms with van der Waals surface area (Å²) in [5.41, 5.74) is 5.92. The number of hydrogen-bond donors (Lipinski definition) is 2. The molecule has 1 aromatic rings. The minimum atomic E-state index is -0.706. The van der Waals surface area contributed by atoms with Crippen molar-refractivity contribution in [3.63, 3.8) is 0 Å². The van der Waals surface area contributed by atoms with E-state index >= 15 is 0 Å². The average molecular weight is 292 g/mol. The fraction of sp³-hybridized carbons (Fsp3) is 0.467. The van der Waals surface area contributed by atoms with E-state index in [1.165, 1.54) is 18.2 Å². The highest BCUT2D eigenvalue weighted by molar-refractivity contribution is 5.96. The minimum Gasteiger partial charge on any atom is -0.508 e. The Hall–Kier alpha value is -2.24. The van der Waals surface area contributed by atoms with E-state index in [0.29, 0.717) is 19.0 Å². The molecule has 1 aliphatic heterocycles. The Kier molecular flexibility index (Phi) is 4.67. The average Bonchev–Trinajstić information content (AvgIpc) is 2.47. The van der Waals surface area contributed by atoms with Crippen molar-refractivity contribution in [1.29, 1.82) is 0 Å². The lowest BCUT2D eigenvalue weighted by Crippen LogP contribution is -2.40. The number of aromatic hydroxyl groups is 1. The van der Waals surface area contributed by atoms with Gasteiger partial charge in [0.05, 0.1) is 5.56 Å². The first-order chi connectivity index (χ1) is 9.97. The van der Waals surface area contributed by atoms with Gasteiger partial charge in [-0.2, -0.15) is 0 Å². The molecular weight excluding hydrogens is 272 g/mol. The van der Waals surface area contributed by atoms with E-state index < -0.39 is 5.97 Å². The summed E-state index contributed by atoms with van der Waals surface area (Å²) in [7, 11) is 0. The second kappa shape index (κ2) is 6.47. The van der Waals surface area contributed by atoms with Crippen LogP contribution < -0.4 is 5.73 Å². The van der Waals surface area contributed by atoms with Crippen LogP contribution in [0.2, 0.25) is 0 Å². The van der Waals surface area contributed by atoms with Gasteiger partial charge in [-0.3, -0.25) is 4.79 Å². The van der Waals surface area contributed by atoms with E-state index in [9.17, 15) is 14.7 Å². The number of nitrogens with two attached hydrogens (primary N) is 1. The Bertz CT molecular complexity index is 536. The summed E-state index contributed by atoms with van der Waals surface area (Å²) in [6, 6.07) is 4.02. The number of nitrogen functional groups attached to an aromatic ring is 1. The second-order valence-electron chi connectivity index (χ2n) is 5.41. The van der Waals surface area contributed by atoms with Crippen LogP contribution in [0.4, 0.5) is 5.69 Å². The van der Waals surface area contributed by atoms with Crippen LogP contribution in [0.25, 0.3) is 0 Å². The van der Waals surface area contributed by atoms with E-state index in [2.05, 4.69) is 6.92 Å². The third kappa shape index (κ3) is 3.87. The summed E-state index contributed by atoms with van der Waals surface area (Å²) in [6.45, 7) is 3.26. The molecule has 1 aromatic carbocycles. The monoisotopic (exact) mass is 292 g/mol. The van der Waals surface area contributed by atoms with E-state index in [0.717, 1.165) is 12.8 Å². The topological polar surface area (TPSA) is 92.9 Å². The third-order valence-corrected chi connectivity index (χ3v) is 3.72. The fourth-order valence-electron chi connectivity index (χ4n) is 2.28. The number of carbonyl (C=O) groups excluding carboxylic acids is 2. The van der Waals surface area contributed by atoms with Gasteiger partial charge < -0.3 is 20.5 Å². The smallest absolute Gasteiger partial charge is 0.340 e. The first-order valence-electron chi connectivity index (χ1n) is 7.00. The van der Waals surface area contributed by atoms with Crippen LogP contribution in [-0.4, -0.2) is 41.6 Å². The highest BCUT2D eigenvalue weighted by Gasteiger charge is 2.22. The van der Waals surface area contributed by atoms with Crippen LogP contribution in [-0.2, 0) is 9.53 Å². The number of phenols is 1. The van der Waals surface area contributed by atoms with Gasteiger partial charge in [-0.25, -0.2) is 4.79 Å². The molecule has 0 unspecified atom stereocenters. The number of benzene rings is 1. The number of nitrogens with zero attached hydrogens (tertiary/aromatic N) is 1. The van der Waals surface area contributed by atoms with Crippen molar-refractivity contribution >= 4 is 17.6 Å². The first kappa shape index (κ1) is 15.2. The second-order valence-corrected chi connectivity index (χ2v) is 5.41. The summed E-state index contributed by atoms with van der Waals surface area (Å²) < 4.78 is 4.98. The van der Waals surface area contributed by atoms with E-state index in [1.807, 2.05) is 0 Å². The Labute approximate surface area is 123 Å². The van der Waals surface area contributed by atoms with E-state index in [1.54, 1.807) is 4.90 Å². The molecule has 6 nitrogen and oxygen atoms in total. The van der Waals surface area contributed by atoms with Gasteiger partial charge in [0.15, 0.2) is 6.61 Å². The van der Waals surface area contributed by atoms with Crippen LogP contribution >= 0.6 is 0 Å². The lowest BCUT2D eigenvalue weighted by atomic mass is 9.99.